The van der Waals surface area contributed by atoms with Crippen LogP contribution in [0.4, 0.5) is 24.5 Å². The van der Waals surface area contributed by atoms with Crippen molar-refractivity contribution in [2.24, 2.45) is 29.6 Å². The van der Waals surface area contributed by atoms with Gasteiger partial charge < -0.3 is 9.72 Å². The second-order valence-electron chi connectivity index (χ2n) is 12.7. The number of rotatable bonds is 6. The number of carbonyl (C=O) groups is 2. The lowest BCUT2D eigenvalue weighted by Gasteiger charge is -2.43. The molecule has 14 heteroatoms. The molecular weight excluding hydrogens is 668 g/mol. The monoisotopic (exact) mass is 693 g/mol. The van der Waals surface area contributed by atoms with Crippen molar-refractivity contribution in [3.8, 4) is 5.75 Å². The van der Waals surface area contributed by atoms with Crippen LogP contribution in [0.5, 0.6) is 5.75 Å². The lowest BCUT2D eigenvalue weighted by atomic mass is 9.68. The number of ether oxygens (including phenoxy) is 1. The van der Waals surface area contributed by atoms with E-state index < -0.39 is 46.2 Å². The van der Waals surface area contributed by atoms with E-state index >= 15 is 0 Å². The number of anilines is 1. The molecule has 2 aliphatic carbocycles. The van der Waals surface area contributed by atoms with Crippen LogP contribution < -0.4 is 14.5 Å². The number of fused-ring (bicyclic) bond motifs is 9. The molecule has 246 valence electrons. The predicted molar refractivity (Wildman–Crippen MR) is 171 cm³/mol. The molecule has 4 aliphatic rings. The Morgan fingerprint density at radius 1 is 1.00 bits per heavy atom. The standard InChI is InChI=1S/C34H26F3N3O6S2/c1-15-5-2-3-6-16(15)14-46-23-10-9-19(40(44)45)12-20(23)24-25-21-13-22(28(25)47-30-29(24)48-33(43)38-30)27-26(21)31(41)39(32(27)42)18-8-4-7-17(11-18)34(35,36)37/h2-12,21-22,24-28H,13-14H2,1H3,(H,38,43)/t21?,22?,24-,25?,26?,27?,28?/m1/s1. The molecule has 48 heavy (non-hydrogen) atoms. The summed E-state index contributed by atoms with van der Waals surface area (Å²) in [5.74, 6) is -3.67. The normalized spacial score (nSPS) is 27.2. The first-order valence-electron chi connectivity index (χ1n) is 15.3. The van der Waals surface area contributed by atoms with E-state index in [1.54, 1.807) is 6.07 Å². The Labute approximate surface area is 279 Å². The predicted octanol–water partition coefficient (Wildman–Crippen LogP) is 6.93. The Morgan fingerprint density at radius 2 is 1.75 bits per heavy atom. The number of thiazole rings is 1. The van der Waals surface area contributed by atoms with Crippen molar-refractivity contribution in [2.45, 2.75) is 42.3 Å². The lowest BCUT2D eigenvalue weighted by molar-refractivity contribution is -0.385. The molecule has 3 heterocycles. The fraction of sp³-hybridized carbons (Fsp3) is 0.324. The van der Waals surface area contributed by atoms with E-state index in [0.29, 0.717) is 27.6 Å². The summed E-state index contributed by atoms with van der Waals surface area (Å²) in [5.41, 5.74) is 1.22. The second-order valence-corrected chi connectivity index (χ2v) is 14.9. The SMILES string of the molecule is Cc1ccccc1COc1ccc([N+](=O)[O-])cc1[C@H]1c2sc(=O)[nH]c2SC2C3CC(C4C(=O)N(c5cccc(C(F)(F)F)c5)C(=O)C34)C21. The minimum Gasteiger partial charge on any atom is -0.489 e. The zero-order chi connectivity index (χ0) is 33.6. The summed E-state index contributed by atoms with van der Waals surface area (Å²) >= 11 is 2.45. The van der Waals surface area contributed by atoms with E-state index in [2.05, 4.69) is 4.98 Å². The summed E-state index contributed by atoms with van der Waals surface area (Å²) in [4.78, 5) is 56.5. The molecular formula is C34H26F3N3O6S2. The number of amides is 2. The number of benzene rings is 3. The highest BCUT2D eigenvalue weighted by atomic mass is 32.2. The van der Waals surface area contributed by atoms with E-state index in [1.807, 2.05) is 31.2 Å². The molecule has 2 aliphatic heterocycles. The van der Waals surface area contributed by atoms with Crippen LogP contribution >= 0.6 is 23.1 Å². The van der Waals surface area contributed by atoms with Crippen LogP contribution in [0.1, 0.15) is 39.5 Å². The molecule has 1 aromatic heterocycles. The Kier molecular flexibility index (Phi) is 7.11. The number of nitro benzene ring substituents is 1. The third kappa shape index (κ3) is 4.71. The highest BCUT2D eigenvalue weighted by molar-refractivity contribution is 8.00. The Morgan fingerprint density at radius 3 is 2.48 bits per heavy atom. The van der Waals surface area contributed by atoms with Gasteiger partial charge in [0.2, 0.25) is 11.8 Å². The number of alkyl halides is 3. The third-order valence-electron chi connectivity index (χ3n) is 10.3. The first kappa shape index (κ1) is 30.9. The zero-order valence-corrected chi connectivity index (χ0v) is 26.7. The summed E-state index contributed by atoms with van der Waals surface area (Å²) in [6.45, 7) is 2.15. The number of halogens is 3. The minimum absolute atomic E-state index is 0.116. The summed E-state index contributed by atoms with van der Waals surface area (Å²) in [7, 11) is 0. The van der Waals surface area contributed by atoms with Gasteiger partial charge in [-0.05, 0) is 66.5 Å². The van der Waals surface area contributed by atoms with Gasteiger partial charge >= 0.3 is 11.0 Å². The van der Waals surface area contributed by atoms with Crippen LogP contribution in [0.25, 0.3) is 0 Å². The lowest BCUT2D eigenvalue weighted by Crippen LogP contribution is -2.42. The van der Waals surface area contributed by atoms with Crippen molar-refractivity contribution < 1.29 is 32.4 Å². The molecule has 0 radical (unpaired) electrons. The van der Waals surface area contributed by atoms with Crippen molar-refractivity contribution in [1.82, 2.24) is 4.98 Å². The number of carbonyl (C=O) groups excluding carboxylic acids is 2. The van der Waals surface area contributed by atoms with E-state index in [-0.39, 0.29) is 45.9 Å². The van der Waals surface area contributed by atoms with Crippen LogP contribution in [-0.2, 0) is 22.4 Å². The minimum atomic E-state index is -4.65. The topological polar surface area (TPSA) is 123 Å². The molecule has 1 saturated heterocycles. The molecule has 6 unspecified atom stereocenters. The van der Waals surface area contributed by atoms with E-state index in [0.717, 1.165) is 39.5 Å². The first-order chi connectivity index (χ1) is 22.9. The fourth-order valence-electron chi connectivity index (χ4n) is 8.39. The summed E-state index contributed by atoms with van der Waals surface area (Å²) in [6, 6.07) is 16.3. The van der Waals surface area contributed by atoms with Gasteiger partial charge in [-0.1, -0.05) is 41.7 Å². The molecule has 4 aromatic rings. The number of aromatic nitrogens is 1. The van der Waals surface area contributed by atoms with Crippen molar-refractivity contribution in [3.05, 3.63) is 114 Å². The maximum Gasteiger partial charge on any atom is 0.416 e. The average Bonchev–Trinajstić information content (AvgIpc) is 3.79. The Balaban J connectivity index is 1.21. The molecule has 8 rings (SSSR count). The van der Waals surface area contributed by atoms with Crippen molar-refractivity contribution in [2.75, 3.05) is 4.90 Å². The van der Waals surface area contributed by atoms with Gasteiger partial charge in [0.15, 0.2) is 0 Å². The van der Waals surface area contributed by atoms with Gasteiger partial charge in [0.25, 0.3) is 5.69 Å². The number of hydrogen-bond acceptors (Lipinski definition) is 8. The van der Waals surface area contributed by atoms with Crippen LogP contribution in [0.15, 0.2) is 76.6 Å². The van der Waals surface area contributed by atoms with Gasteiger partial charge in [-0.15, -0.1) is 11.8 Å². The number of nitro groups is 1. The highest BCUT2D eigenvalue weighted by Crippen LogP contribution is 2.69. The Hall–Kier alpha value is -4.43. The molecule has 2 saturated carbocycles. The van der Waals surface area contributed by atoms with Crippen LogP contribution in [0, 0.1) is 46.6 Å². The van der Waals surface area contributed by atoms with E-state index in [1.165, 1.54) is 36.0 Å². The smallest absolute Gasteiger partial charge is 0.416 e. The molecule has 3 fully saturated rings. The number of H-pyrrole nitrogens is 1. The molecule has 1 N–H and O–H groups in total. The van der Waals surface area contributed by atoms with Gasteiger partial charge in [0.1, 0.15) is 12.4 Å². The number of aromatic amines is 1. The van der Waals surface area contributed by atoms with Gasteiger partial charge in [-0.3, -0.25) is 29.4 Å². The number of aryl methyl sites for hydroxylation is 1. The van der Waals surface area contributed by atoms with Gasteiger partial charge in [-0.25, -0.2) is 0 Å². The van der Waals surface area contributed by atoms with Crippen molar-refractivity contribution >= 4 is 46.3 Å². The average molecular weight is 694 g/mol. The number of imide groups is 1. The van der Waals surface area contributed by atoms with Gasteiger partial charge in [0.05, 0.1) is 33.0 Å². The molecule has 0 spiro atoms. The summed E-state index contributed by atoms with van der Waals surface area (Å²) in [6.07, 6.45) is -4.11. The maximum absolute atomic E-state index is 14.1. The van der Waals surface area contributed by atoms with E-state index in [4.69, 9.17) is 4.74 Å². The highest BCUT2D eigenvalue weighted by Gasteiger charge is 2.70. The fourth-order valence-corrected chi connectivity index (χ4v) is 11.3. The largest absolute Gasteiger partial charge is 0.489 e. The van der Waals surface area contributed by atoms with Crippen molar-refractivity contribution in [3.63, 3.8) is 0 Å². The quantitative estimate of drug-likeness (QED) is 0.132. The zero-order valence-electron chi connectivity index (χ0n) is 25.1. The van der Waals surface area contributed by atoms with E-state index in [9.17, 15) is 37.7 Å². The molecule has 9 nitrogen and oxygen atoms in total. The van der Waals surface area contributed by atoms with Crippen LogP contribution in [0.3, 0.4) is 0 Å². The van der Waals surface area contributed by atoms with Crippen LogP contribution in [-0.4, -0.2) is 27.0 Å². The first-order valence-corrected chi connectivity index (χ1v) is 17.0. The number of nitrogens with zero attached hydrogens (tertiary/aromatic N) is 2. The summed E-state index contributed by atoms with van der Waals surface area (Å²) in [5, 5.41) is 12.4. The molecule has 7 atom stereocenters. The maximum atomic E-state index is 14.1. The third-order valence-corrected chi connectivity index (χ3v) is 12.9. The van der Waals surface area contributed by atoms with Gasteiger partial charge in [-0.2, -0.15) is 13.2 Å². The second kappa shape index (κ2) is 11.1. The molecule has 3 aromatic carbocycles. The number of hydrogen-bond donors (Lipinski definition) is 1. The number of non-ortho nitro benzene ring substituents is 1. The molecule has 2 bridgehead atoms. The number of thioether (sulfide) groups is 1. The van der Waals surface area contributed by atoms with Crippen molar-refractivity contribution in [1.29, 1.82) is 0 Å². The van der Waals surface area contributed by atoms with Crippen LogP contribution in [0.2, 0.25) is 0 Å². The Bertz CT molecular complexity index is 2080. The van der Waals surface area contributed by atoms with Gasteiger partial charge in [0, 0.05) is 33.7 Å². The summed E-state index contributed by atoms with van der Waals surface area (Å²) < 4.78 is 47.0. The molecule has 2 amide bonds. The number of nitrogens with one attached hydrogen (secondary N) is 1.